The second-order valence-corrected chi connectivity index (χ2v) is 7.45. The molecule has 2 aliphatic rings. The Labute approximate surface area is 130 Å². The zero-order valence-corrected chi connectivity index (χ0v) is 14.3. The van der Waals surface area contributed by atoms with Gasteiger partial charge in [0.2, 0.25) is 0 Å². The average Bonchev–Trinajstić information content (AvgIpc) is 2.91. The molecule has 1 heterocycles. The van der Waals surface area contributed by atoms with Crippen LogP contribution >= 0.6 is 0 Å². The molecule has 124 valence electrons. The molecule has 2 unspecified atom stereocenters. The smallest absolute Gasteiger partial charge is 0.0615 e. The molecule has 1 aliphatic carbocycles. The van der Waals surface area contributed by atoms with Crippen molar-refractivity contribution in [2.24, 2.45) is 11.8 Å². The first-order valence-corrected chi connectivity index (χ1v) is 8.76. The summed E-state index contributed by atoms with van der Waals surface area (Å²) in [5, 5.41) is 13.2. The molecule has 0 bridgehead atoms. The molecular weight excluding hydrogens is 262 g/mol. The number of aliphatic hydroxyl groups excluding tert-OH is 1. The summed E-state index contributed by atoms with van der Waals surface area (Å²) >= 11 is 0. The van der Waals surface area contributed by atoms with Crippen LogP contribution < -0.4 is 5.32 Å². The summed E-state index contributed by atoms with van der Waals surface area (Å²) in [6.07, 6.45) is 7.56. The van der Waals surface area contributed by atoms with E-state index in [0.29, 0.717) is 5.92 Å². The summed E-state index contributed by atoms with van der Waals surface area (Å²) in [6.45, 7) is 5.21. The third-order valence-corrected chi connectivity index (χ3v) is 6.00. The summed E-state index contributed by atoms with van der Waals surface area (Å²) in [5.74, 6) is 1.51. The highest BCUT2D eigenvalue weighted by Gasteiger charge is 2.40. The third-order valence-electron chi connectivity index (χ3n) is 6.00. The van der Waals surface area contributed by atoms with Gasteiger partial charge in [0.15, 0.2) is 0 Å². The number of nitrogens with one attached hydrogen (secondary N) is 1. The minimum Gasteiger partial charge on any atom is -0.394 e. The number of rotatable bonds is 7. The Bertz CT molecular complexity index is 298. The van der Waals surface area contributed by atoms with E-state index in [2.05, 4.69) is 29.2 Å². The normalized spacial score (nSPS) is 32.1. The summed E-state index contributed by atoms with van der Waals surface area (Å²) in [6, 6.07) is 0. The van der Waals surface area contributed by atoms with Gasteiger partial charge in [0, 0.05) is 12.1 Å². The molecule has 4 nitrogen and oxygen atoms in total. The van der Waals surface area contributed by atoms with Crippen LogP contribution in [0, 0.1) is 11.8 Å². The van der Waals surface area contributed by atoms with Crippen molar-refractivity contribution in [3.05, 3.63) is 0 Å². The van der Waals surface area contributed by atoms with Crippen molar-refractivity contribution in [2.75, 3.05) is 53.9 Å². The molecule has 2 rings (SSSR count). The van der Waals surface area contributed by atoms with E-state index in [1.165, 1.54) is 58.3 Å². The molecule has 0 aromatic rings. The minimum absolute atomic E-state index is 0.00556. The van der Waals surface area contributed by atoms with E-state index in [9.17, 15) is 5.11 Å². The number of piperidine rings is 1. The maximum Gasteiger partial charge on any atom is 0.0615 e. The molecule has 4 heteroatoms. The van der Waals surface area contributed by atoms with Crippen molar-refractivity contribution in [3.8, 4) is 0 Å². The van der Waals surface area contributed by atoms with Gasteiger partial charge < -0.3 is 20.2 Å². The predicted octanol–water partition coefficient (Wildman–Crippen LogP) is 1.40. The maximum absolute atomic E-state index is 9.76. The zero-order chi connectivity index (χ0) is 15.3. The highest BCUT2D eigenvalue weighted by Crippen LogP contribution is 2.37. The van der Waals surface area contributed by atoms with E-state index in [-0.39, 0.29) is 12.1 Å². The number of likely N-dealkylation sites (N-methyl/N-ethyl adjacent to an activating group) is 1. The summed E-state index contributed by atoms with van der Waals surface area (Å²) in [4.78, 5) is 4.96. The molecule has 21 heavy (non-hydrogen) atoms. The summed E-state index contributed by atoms with van der Waals surface area (Å²) in [5.41, 5.74) is -0.00556. The SMILES string of the molecule is CNC1(CO)CCCC1CCN(C)CC1CCN(C)CC1. The van der Waals surface area contributed by atoms with E-state index in [0.717, 1.165) is 12.3 Å². The molecule has 0 aromatic heterocycles. The highest BCUT2D eigenvalue weighted by atomic mass is 16.3. The van der Waals surface area contributed by atoms with Crippen LogP contribution in [-0.2, 0) is 0 Å². The topological polar surface area (TPSA) is 38.7 Å². The van der Waals surface area contributed by atoms with E-state index in [4.69, 9.17) is 0 Å². The van der Waals surface area contributed by atoms with Gasteiger partial charge in [-0.25, -0.2) is 0 Å². The zero-order valence-electron chi connectivity index (χ0n) is 14.3. The Morgan fingerprint density at radius 2 is 2.00 bits per heavy atom. The first kappa shape index (κ1) is 17.2. The van der Waals surface area contributed by atoms with Crippen LogP contribution in [0.5, 0.6) is 0 Å². The molecule has 2 N–H and O–H groups in total. The molecule has 2 fully saturated rings. The van der Waals surface area contributed by atoms with Crippen LogP contribution in [0.2, 0.25) is 0 Å². The van der Waals surface area contributed by atoms with Gasteiger partial charge in [0.1, 0.15) is 0 Å². The summed E-state index contributed by atoms with van der Waals surface area (Å²) < 4.78 is 0. The molecule has 0 spiro atoms. The molecule has 0 radical (unpaired) electrons. The number of likely N-dealkylation sites (tertiary alicyclic amines) is 1. The first-order valence-electron chi connectivity index (χ1n) is 8.76. The van der Waals surface area contributed by atoms with Gasteiger partial charge >= 0.3 is 0 Å². The monoisotopic (exact) mass is 297 g/mol. The Morgan fingerprint density at radius 3 is 2.62 bits per heavy atom. The van der Waals surface area contributed by atoms with Gasteiger partial charge in [-0.2, -0.15) is 0 Å². The quantitative estimate of drug-likeness (QED) is 0.745. The van der Waals surface area contributed by atoms with Crippen LogP contribution in [0.3, 0.4) is 0 Å². The van der Waals surface area contributed by atoms with E-state index < -0.39 is 0 Å². The number of hydrogen-bond donors (Lipinski definition) is 2. The summed E-state index contributed by atoms with van der Waals surface area (Å²) in [7, 11) is 6.51. The Balaban J connectivity index is 1.72. The lowest BCUT2D eigenvalue weighted by Gasteiger charge is -2.35. The van der Waals surface area contributed by atoms with Crippen molar-refractivity contribution < 1.29 is 5.11 Å². The Hall–Kier alpha value is -0.160. The average molecular weight is 297 g/mol. The lowest BCUT2D eigenvalue weighted by Crippen LogP contribution is -2.50. The fraction of sp³-hybridized carbons (Fsp3) is 1.00. The fourth-order valence-electron chi connectivity index (χ4n) is 4.33. The van der Waals surface area contributed by atoms with Crippen LogP contribution in [0.25, 0.3) is 0 Å². The van der Waals surface area contributed by atoms with Gasteiger partial charge in [0.25, 0.3) is 0 Å². The Kier molecular flexibility index (Phi) is 6.48. The van der Waals surface area contributed by atoms with Crippen molar-refractivity contribution in [1.29, 1.82) is 0 Å². The van der Waals surface area contributed by atoms with Crippen molar-refractivity contribution in [2.45, 2.75) is 44.1 Å². The largest absolute Gasteiger partial charge is 0.394 e. The third kappa shape index (κ3) is 4.41. The number of hydrogen-bond acceptors (Lipinski definition) is 4. The molecule has 0 amide bonds. The van der Waals surface area contributed by atoms with E-state index in [1.54, 1.807) is 0 Å². The van der Waals surface area contributed by atoms with Crippen LogP contribution in [0.4, 0.5) is 0 Å². The molecule has 2 atom stereocenters. The molecule has 1 aliphatic heterocycles. The van der Waals surface area contributed by atoms with Gasteiger partial charge in [0.05, 0.1) is 6.61 Å². The molecule has 1 saturated heterocycles. The van der Waals surface area contributed by atoms with E-state index in [1.807, 2.05) is 7.05 Å². The first-order chi connectivity index (χ1) is 10.1. The van der Waals surface area contributed by atoms with Crippen molar-refractivity contribution >= 4 is 0 Å². The van der Waals surface area contributed by atoms with Crippen LogP contribution in [0.15, 0.2) is 0 Å². The van der Waals surface area contributed by atoms with Crippen molar-refractivity contribution in [1.82, 2.24) is 15.1 Å². The van der Waals surface area contributed by atoms with Crippen molar-refractivity contribution in [3.63, 3.8) is 0 Å². The highest BCUT2D eigenvalue weighted by molar-refractivity contribution is 4.98. The lowest BCUT2D eigenvalue weighted by atomic mass is 9.85. The van der Waals surface area contributed by atoms with Crippen LogP contribution in [-0.4, -0.2) is 74.4 Å². The minimum atomic E-state index is -0.00556. The molecular formula is C17H35N3O. The predicted molar refractivity (Wildman–Crippen MR) is 88.6 cm³/mol. The lowest BCUT2D eigenvalue weighted by molar-refractivity contribution is 0.116. The van der Waals surface area contributed by atoms with E-state index >= 15 is 0 Å². The van der Waals surface area contributed by atoms with Gasteiger partial charge in [-0.1, -0.05) is 6.42 Å². The van der Waals surface area contributed by atoms with Gasteiger partial charge in [-0.15, -0.1) is 0 Å². The van der Waals surface area contributed by atoms with Gasteiger partial charge in [-0.3, -0.25) is 0 Å². The maximum atomic E-state index is 9.76. The molecule has 1 saturated carbocycles. The van der Waals surface area contributed by atoms with Crippen LogP contribution in [0.1, 0.15) is 38.5 Å². The van der Waals surface area contributed by atoms with Gasteiger partial charge in [-0.05, 0) is 84.7 Å². The molecule has 0 aromatic carbocycles. The Morgan fingerprint density at radius 1 is 1.29 bits per heavy atom. The second kappa shape index (κ2) is 7.91. The number of aliphatic hydroxyl groups is 1. The fourth-order valence-corrected chi connectivity index (χ4v) is 4.33. The second-order valence-electron chi connectivity index (χ2n) is 7.45. The number of nitrogens with zero attached hydrogens (tertiary/aromatic N) is 2. The standard InChI is InChI=1S/C17H35N3O/c1-18-17(14-21)9-4-5-16(17)8-12-20(3)13-15-6-10-19(2)11-7-15/h15-16,18,21H,4-14H2,1-3H3.